The van der Waals surface area contributed by atoms with Crippen molar-refractivity contribution in [3.63, 3.8) is 0 Å². The van der Waals surface area contributed by atoms with Crippen molar-refractivity contribution < 1.29 is 4.79 Å². The number of para-hydroxylation sites is 1. The number of hydrogen-bond donors (Lipinski definition) is 1. The average molecular weight is 353 g/mol. The number of thioether (sulfide) groups is 1. The number of carbonyl (C=O) groups is 1. The molecule has 2 aromatic heterocycles. The lowest BCUT2D eigenvalue weighted by molar-refractivity contribution is -0.115. The van der Waals surface area contributed by atoms with Crippen molar-refractivity contribution in [3.05, 3.63) is 54.9 Å². The molecule has 3 rings (SSSR count). The van der Waals surface area contributed by atoms with Gasteiger partial charge in [0.15, 0.2) is 11.0 Å². The Kier molecular flexibility index (Phi) is 5.79. The summed E-state index contributed by atoms with van der Waals surface area (Å²) in [4.78, 5) is 16.0. The first-order chi connectivity index (χ1) is 12.3. The molecule has 0 saturated carbocycles. The summed E-state index contributed by atoms with van der Waals surface area (Å²) in [5.74, 6) is 1.46. The van der Waals surface area contributed by atoms with Crippen LogP contribution in [0.4, 0.5) is 5.69 Å². The molecule has 6 nitrogen and oxygen atoms in total. The normalized spacial score (nSPS) is 10.6. The molecule has 1 N–H and O–H groups in total. The molecule has 128 valence electrons. The van der Waals surface area contributed by atoms with Crippen LogP contribution in [0.15, 0.2) is 60.0 Å². The van der Waals surface area contributed by atoms with E-state index in [1.165, 1.54) is 11.8 Å². The van der Waals surface area contributed by atoms with E-state index in [9.17, 15) is 4.79 Å². The number of aromatic nitrogens is 4. The molecule has 7 heteroatoms. The molecule has 1 amide bonds. The van der Waals surface area contributed by atoms with E-state index in [2.05, 4.69) is 32.0 Å². The number of benzene rings is 1. The van der Waals surface area contributed by atoms with Crippen molar-refractivity contribution in [2.24, 2.45) is 0 Å². The Balaban J connectivity index is 1.58. The van der Waals surface area contributed by atoms with Crippen LogP contribution in [0.1, 0.15) is 13.3 Å². The predicted octanol–water partition coefficient (Wildman–Crippen LogP) is 3.48. The fourth-order valence-electron chi connectivity index (χ4n) is 2.38. The molecule has 0 aliphatic rings. The zero-order chi connectivity index (χ0) is 17.5. The van der Waals surface area contributed by atoms with Gasteiger partial charge in [0, 0.05) is 42.4 Å². The van der Waals surface area contributed by atoms with Crippen LogP contribution in [-0.4, -0.2) is 31.4 Å². The summed E-state index contributed by atoms with van der Waals surface area (Å²) in [6.45, 7) is 2.82. The highest BCUT2D eigenvalue weighted by Crippen LogP contribution is 2.24. The lowest BCUT2D eigenvalue weighted by Crippen LogP contribution is -2.12. The third-order valence-corrected chi connectivity index (χ3v) is 4.56. The zero-order valence-corrected chi connectivity index (χ0v) is 14.7. The van der Waals surface area contributed by atoms with Gasteiger partial charge in [0.25, 0.3) is 0 Å². The zero-order valence-electron chi connectivity index (χ0n) is 13.9. The third kappa shape index (κ3) is 4.45. The van der Waals surface area contributed by atoms with E-state index in [0.29, 0.717) is 12.2 Å². The van der Waals surface area contributed by atoms with Crippen LogP contribution in [0.2, 0.25) is 0 Å². The second-order valence-electron chi connectivity index (χ2n) is 5.30. The molecule has 2 heterocycles. The second kappa shape index (κ2) is 8.43. The Labute approximate surface area is 150 Å². The van der Waals surface area contributed by atoms with Crippen LogP contribution in [0.5, 0.6) is 0 Å². The Hall–Kier alpha value is -2.67. The van der Waals surface area contributed by atoms with Crippen LogP contribution in [-0.2, 0) is 11.3 Å². The van der Waals surface area contributed by atoms with Gasteiger partial charge in [-0.15, -0.1) is 10.2 Å². The van der Waals surface area contributed by atoms with E-state index in [1.807, 2.05) is 42.5 Å². The lowest BCUT2D eigenvalue weighted by Gasteiger charge is -2.07. The minimum absolute atomic E-state index is 0.00405. The molecule has 0 bridgehead atoms. The summed E-state index contributed by atoms with van der Waals surface area (Å²) in [5, 5.41) is 12.3. The summed E-state index contributed by atoms with van der Waals surface area (Å²) >= 11 is 1.54. The van der Waals surface area contributed by atoms with Gasteiger partial charge in [-0.1, -0.05) is 30.0 Å². The molecular weight excluding hydrogens is 334 g/mol. The SMILES string of the molecule is CCn1c(SCCC(=O)Nc2ccccc2)nnc1-c1ccncc1. The monoisotopic (exact) mass is 353 g/mol. The number of rotatable bonds is 7. The number of carbonyl (C=O) groups excluding carboxylic acids is 1. The summed E-state index contributed by atoms with van der Waals surface area (Å²) in [5.41, 5.74) is 1.80. The average Bonchev–Trinajstić information content (AvgIpc) is 3.06. The van der Waals surface area contributed by atoms with Gasteiger partial charge in [0.2, 0.25) is 5.91 Å². The maximum absolute atomic E-state index is 12.0. The van der Waals surface area contributed by atoms with Gasteiger partial charge in [0.1, 0.15) is 0 Å². The molecule has 0 spiro atoms. The molecular formula is C18H19N5OS. The first-order valence-electron chi connectivity index (χ1n) is 8.09. The third-order valence-electron chi connectivity index (χ3n) is 3.59. The van der Waals surface area contributed by atoms with Crippen molar-refractivity contribution in [2.45, 2.75) is 25.0 Å². The topological polar surface area (TPSA) is 72.7 Å². The van der Waals surface area contributed by atoms with Crippen molar-refractivity contribution in [3.8, 4) is 11.4 Å². The molecule has 0 aliphatic carbocycles. The number of nitrogens with one attached hydrogen (secondary N) is 1. The molecule has 0 fully saturated rings. The lowest BCUT2D eigenvalue weighted by atomic mass is 10.2. The fraction of sp³-hybridized carbons (Fsp3) is 0.222. The van der Waals surface area contributed by atoms with Gasteiger partial charge < -0.3 is 9.88 Å². The number of anilines is 1. The molecule has 0 radical (unpaired) electrons. The van der Waals surface area contributed by atoms with E-state index >= 15 is 0 Å². The minimum atomic E-state index is -0.00405. The Morgan fingerprint density at radius 3 is 2.60 bits per heavy atom. The van der Waals surface area contributed by atoms with E-state index < -0.39 is 0 Å². The first kappa shape index (κ1) is 17.2. The maximum Gasteiger partial charge on any atom is 0.225 e. The van der Waals surface area contributed by atoms with Gasteiger partial charge in [-0.25, -0.2) is 0 Å². The Morgan fingerprint density at radius 2 is 1.88 bits per heavy atom. The molecule has 0 atom stereocenters. The maximum atomic E-state index is 12.0. The van der Waals surface area contributed by atoms with Crippen LogP contribution < -0.4 is 5.32 Å². The molecule has 0 unspecified atom stereocenters. The van der Waals surface area contributed by atoms with Gasteiger partial charge in [-0.3, -0.25) is 9.78 Å². The van der Waals surface area contributed by atoms with Crippen molar-refractivity contribution in [1.29, 1.82) is 0 Å². The standard InChI is InChI=1S/C18H19N5OS/c1-2-23-17(14-8-11-19-12-9-14)21-22-18(23)25-13-10-16(24)20-15-6-4-3-5-7-15/h3-9,11-12H,2,10,13H2,1H3,(H,20,24). The van der Waals surface area contributed by atoms with E-state index in [1.54, 1.807) is 12.4 Å². The van der Waals surface area contributed by atoms with E-state index in [-0.39, 0.29) is 5.91 Å². The molecule has 1 aromatic carbocycles. The Morgan fingerprint density at radius 1 is 1.12 bits per heavy atom. The summed E-state index contributed by atoms with van der Waals surface area (Å²) in [7, 11) is 0. The van der Waals surface area contributed by atoms with Crippen LogP contribution in [0, 0.1) is 0 Å². The smallest absolute Gasteiger partial charge is 0.225 e. The summed E-state index contributed by atoms with van der Waals surface area (Å²) in [6.07, 6.45) is 3.90. The van der Waals surface area contributed by atoms with Crippen molar-refractivity contribution >= 4 is 23.4 Å². The minimum Gasteiger partial charge on any atom is -0.326 e. The van der Waals surface area contributed by atoms with Crippen LogP contribution in [0.3, 0.4) is 0 Å². The van der Waals surface area contributed by atoms with Crippen molar-refractivity contribution in [1.82, 2.24) is 19.7 Å². The molecule has 25 heavy (non-hydrogen) atoms. The van der Waals surface area contributed by atoms with E-state index in [4.69, 9.17) is 0 Å². The number of nitrogens with zero attached hydrogens (tertiary/aromatic N) is 4. The highest BCUT2D eigenvalue weighted by atomic mass is 32.2. The quantitative estimate of drug-likeness (QED) is 0.658. The number of amides is 1. The summed E-state index contributed by atoms with van der Waals surface area (Å²) < 4.78 is 2.05. The van der Waals surface area contributed by atoms with Gasteiger partial charge in [-0.2, -0.15) is 0 Å². The van der Waals surface area contributed by atoms with Gasteiger partial charge in [0.05, 0.1) is 0 Å². The largest absolute Gasteiger partial charge is 0.326 e. The molecule has 3 aromatic rings. The number of pyridine rings is 1. The van der Waals surface area contributed by atoms with Gasteiger partial charge in [-0.05, 0) is 31.2 Å². The van der Waals surface area contributed by atoms with Crippen LogP contribution >= 0.6 is 11.8 Å². The highest BCUT2D eigenvalue weighted by Gasteiger charge is 2.13. The van der Waals surface area contributed by atoms with Crippen molar-refractivity contribution in [2.75, 3.05) is 11.1 Å². The predicted molar refractivity (Wildman–Crippen MR) is 99.3 cm³/mol. The fourth-order valence-corrected chi connectivity index (χ4v) is 3.32. The van der Waals surface area contributed by atoms with Gasteiger partial charge >= 0.3 is 0 Å². The van der Waals surface area contributed by atoms with Crippen LogP contribution in [0.25, 0.3) is 11.4 Å². The summed E-state index contributed by atoms with van der Waals surface area (Å²) in [6, 6.07) is 13.3. The number of hydrogen-bond acceptors (Lipinski definition) is 5. The molecule has 0 saturated heterocycles. The van der Waals surface area contributed by atoms with E-state index in [0.717, 1.165) is 28.8 Å². The molecule has 0 aliphatic heterocycles. The second-order valence-corrected chi connectivity index (χ2v) is 6.36. The highest BCUT2D eigenvalue weighted by molar-refractivity contribution is 7.99. The Bertz CT molecular complexity index is 820. The first-order valence-corrected chi connectivity index (χ1v) is 9.07.